The van der Waals surface area contributed by atoms with E-state index in [2.05, 4.69) is 24.5 Å². The topological polar surface area (TPSA) is 76.7 Å². The third-order valence-electron chi connectivity index (χ3n) is 5.10. The van der Waals surface area contributed by atoms with E-state index in [1.807, 2.05) is 0 Å². The van der Waals surface area contributed by atoms with E-state index >= 15 is 0 Å². The molecular formula is C24H42N2O4S. The molecule has 2 N–H and O–H groups in total. The van der Waals surface area contributed by atoms with E-state index in [-0.39, 0.29) is 11.5 Å². The van der Waals surface area contributed by atoms with Gasteiger partial charge in [0.05, 0.1) is 0 Å². The second-order valence-corrected chi connectivity index (χ2v) is 8.72. The summed E-state index contributed by atoms with van der Waals surface area (Å²) in [5.74, 6) is 0.539. The summed E-state index contributed by atoms with van der Waals surface area (Å²) in [5.41, 5.74) is 0. The van der Waals surface area contributed by atoms with Crippen molar-refractivity contribution < 1.29 is 19.1 Å². The van der Waals surface area contributed by atoms with E-state index in [0.29, 0.717) is 13.1 Å². The van der Waals surface area contributed by atoms with Crippen LogP contribution in [0.5, 0.6) is 11.5 Å². The number of ether oxygens (including phenoxy) is 2. The number of nitrogens with one attached hydrogen (secondary N) is 2. The molecule has 31 heavy (non-hydrogen) atoms. The minimum absolute atomic E-state index is 0.269. The SMILES string of the molecule is CCCCCCCCCCCCNC(=O)Oc1cscc1OC(=O)NCCCCCC. The van der Waals surface area contributed by atoms with E-state index in [0.717, 1.165) is 38.5 Å². The number of hydrogen-bond donors (Lipinski definition) is 2. The lowest BCUT2D eigenvalue weighted by atomic mass is 10.1. The van der Waals surface area contributed by atoms with Crippen molar-refractivity contribution in [2.75, 3.05) is 13.1 Å². The first-order valence-electron chi connectivity index (χ1n) is 12.1. The van der Waals surface area contributed by atoms with Gasteiger partial charge in [0.1, 0.15) is 0 Å². The normalized spacial score (nSPS) is 10.6. The van der Waals surface area contributed by atoms with Crippen molar-refractivity contribution in [3.63, 3.8) is 0 Å². The molecule has 1 rings (SSSR count). The highest BCUT2D eigenvalue weighted by Gasteiger charge is 2.14. The maximum absolute atomic E-state index is 12.0. The lowest BCUT2D eigenvalue weighted by Gasteiger charge is -2.09. The maximum Gasteiger partial charge on any atom is 0.412 e. The molecule has 1 aromatic rings. The molecule has 7 heteroatoms. The summed E-state index contributed by atoms with van der Waals surface area (Å²) in [7, 11) is 0. The predicted octanol–water partition coefficient (Wildman–Crippen LogP) is 7.43. The zero-order valence-corrected chi connectivity index (χ0v) is 20.3. The number of amides is 2. The average molecular weight is 455 g/mol. The molecule has 0 unspecified atom stereocenters. The van der Waals surface area contributed by atoms with Gasteiger partial charge < -0.3 is 20.1 Å². The summed E-state index contributed by atoms with van der Waals surface area (Å²) < 4.78 is 10.6. The van der Waals surface area contributed by atoms with Gasteiger partial charge in [0.15, 0.2) is 11.5 Å². The maximum atomic E-state index is 12.0. The van der Waals surface area contributed by atoms with Gasteiger partial charge in [-0.25, -0.2) is 9.59 Å². The first-order valence-corrected chi connectivity index (χ1v) is 13.1. The van der Waals surface area contributed by atoms with Gasteiger partial charge in [0.2, 0.25) is 0 Å². The zero-order chi connectivity index (χ0) is 22.6. The Morgan fingerprint density at radius 3 is 1.42 bits per heavy atom. The van der Waals surface area contributed by atoms with Crippen LogP contribution in [0.4, 0.5) is 9.59 Å². The molecule has 1 heterocycles. The Morgan fingerprint density at radius 2 is 1.00 bits per heavy atom. The molecule has 0 atom stereocenters. The van der Waals surface area contributed by atoms with E-state index in [9.17, 15) is 9.59 Å². The number of unbranched alkanes of at least 4 members (excludes halogenated alkanes) is 12. The third kappa shape index (κ3) is 14.8. The van der Waals surface area contributed by atoms with Gasteiger partial charge in [-0.05, 0) is 12.8 Å². The fourth-order valence-corrected chi connectivity index (χ4v) is 3.88. The Hall–Kier alpha value is -1.76. The number of carbonyl (C=O) groups is 2. The molecule has 0 spiro atoms. The highest BCUT2D eigenvalue weighted by Crippen LogP contribution is 2.31. The second-order valence-electron chi connectivity index (χ2n) is 7.98. The Bertz CT molecular complexity index is 592. The highest BCUT2D eigenvalue weighted by atomic mass is 32.1. The van der Waals surface area contributed by atoms with Gasteiger partial charge in [0, 0.05) is 23.8 Å². The van der Waals surface area contributed by atoms with Gasteiger partial charge in [-0.3, -0.25) is 0 Å². The standard InChI is InChI=1S/C24H42N2O4S/c1-3-5-7-9-10-11-12-13-14-16-18-26-24(28)30-22-20-31-19-21(22)29-23(27)25-17-15-8-6-4-2/h19-20H,3-18H2,1-2H3,(H,25,27)(H,26,28). The summed E-state index contributed by atoms with van der Waals surface area (Å²) >= 11 is 1.32. The molecule has 0 saturated heterocycles. The van der Waals surface area contributed by atoms with Crippen molar-refractivity contribution in [3.05, 3.63) is 10.8 Å². The zero-order valence-electron chi connectivity index (χ0n) is 19.5. The van der Waals surface area contributed by atoms with Crippen LogP contribution < -0.4 is 20.1 Å². The fraction of sp³-hybridized carbons (Fsp3) is 0.750. The predicted molar refractivity (Wildman–Crippen MR) is 128 cm³/mol. The van der Waals surface area contributed by atoms with Crippen molar-refractivity contribution in [1.29, 1.82) is 0 Å². The van der Waals surface area contributed by atoms with Crippen LogP contribution in [0.15, 0.2) is 10.8 Å². The highest BCUT2D eigenvalue weighted by molar-refractivity contribution is 7.08. The van der Waals surface area contributed by atoms with Crippen LogP contribution in [-0.4, -0.2) is 25.3 Å². The number of hydrogen-bond acceptors (Lipinski definition) is 5. The Labute approximate surface area is 192 Å². The molecular weight excluding hydrogens is 412 g/mol. The molecule has 0 aliphatic carbocycles. The Kier molecular flexibility index (Phi) is 16.7. The van der Waals surface area contributed by atoms with E-state index in [1.165, 1.54) is 62.7 Å². The van der Waals surface area contributed by atoms with Gasteiger partial charge in [-0.15, -0.1) is 11.3 Å². The van der Waals surface area contributed by atoms with Crippen LogP contribution in [0.3, 0.4) is 0 Å². The van der Waals surface area contributed by atoms with Crippen molar-refractivity contribution in [2.45, 2.75) is 104 Å². The number of rotatable bonds is 18. The average Bonchev–Trinajstić information content (AvgIpc) is 3.18. The van der Waals surface area contributed by atoms with E-state index < -0.39 is 12.2 Å². The van der Waals surface area contributed by atoms with Crippen LogP contribution >= 0.6 is 11.3 Å². The lowest BCUT2D eigenvalue weighted by molar-refractivity contribution is 0.190. The van der Waals surface area contributed by atoms with Crippen molar-refractivity contribution in [1.82, 2.24) is 10.6 Å². The molecule has 0 radical (unpaired) electrons. The molecule has 2 amide bonds. The largest absolute Gasteiger partial charge is 0.412 e. The summed E-state index contributed by atoms with van der Waals surface area (Å²) in [6.45, 7) is 5.56. The van der Waals surface area contributed by atoms with Gasteiger partial charge in [-0.1, -0.05) is 90.9 Å². The Morgan fingerprint density at radius 1 is 0.645 bits per heavy atom. The van der Waals surface area contributed by atoms with Crippen molar-refractivity contribution in [3.8, 4) is 11.5 Å². The lowest BCUT2D eigenvalue weighted by Crippen LogP contribution is -2.29. The minimum Gasteiger partial charge on any atom is -0.405 e. The molecule has 0 bridgehead atoms. The van der Waals surface area contributed by atoms with Gasteiger partial charge in [-0.2, -0.15) is 0 Å². The Balaban J connectivity index is 2.09. The molecule has 0 saturated carbocycles. The fourth-order valence-electron chi connectivity index (χ4n) is 3.24. The monoisotopic (exact) mass is 454 g/mol. The minimum atomic E-state index is -0.523. The summed E-state index contributed by atoms with van der Waals surface area (Å²) in [4.78, 5) is 23.9. The van der Waals surface area contributed by atoms with Gasteiger partial charge in [0.25, 0.3) is 0 Å². The summed E-state index contributed by atoms with van der Waals surface area (Å²) in [6, 6.07) is 0. The van der Waals surface area contributed by atoms with Crippen molar-refractivity contribution in [2.24, 2.45) is 0 Å². The number of thiophene rings is 1. The molecule has 0 fully saturated rings. The molecule has 0 aromatic carbocycles. The first-order chi connectivity index (χ1) is 15.2. The molecule has 1 aromatic heterocycles. The van der Waals surface area contributed by atoms with Gasteiger partial charge >= 0.3 is 12.2 Å². The molecule has 6 nitrogen and oxygen atoms in total. The number of carbonyl (C=O) groups excluding carboxylic acids is 2. The third-order valence-corrected chi connectivity index (χ3v) is 5.80. The summed E-state index contributed by atoms with van der Waals surface area (Å²) in [6.07, 6.45) is 15.8. The second kappa shape index (κ2) is 19.0. The van der Waals surface area contributed by atoms with E-state index in [4.69, 9.17) is 9.47 Å². The molecule has 0 aliphatic rings. The van der Waals surface area contributed by atoms with Crippen LogP contribution in [-0.2, 0) is 0 Å². The first kappa shape index (κ1) is 27.3. The van der Waals surface area contributed by atoms with Crippen LogP contribution in [0, 0.1) is 0 Å². The quantitative estimate of drug-likeness (QED) is 0.226. The van der Waals surface area contributed by atoms with E-state index in [1.54, 1.807) is 10.8 Å². The summed E-state index contributed by atoms with van der Waals surface area (Å²) in [5, 5.41) is 8.80. The van der Waals surface area contributed by atoms with Crippen LogP contribution in [0.25, 0.3) is 0 Å². The van der Waals surface area contributed by atoms with Crippen molar-refractivity contribution >= 4 is 23.5 Å². The van der Waals surface area contributed by atoms with Crippen LogP contribution in [0.2, 0.25) is 0 Å². The van der Waals surface area contributed by atoms with Crippen LogP contribution in [0.1, 0.15) is 104 Å². The smallest absolute Gasteiger partial charge is 0.405 e. The molecule has 178 valence electrons. The molecule has 0 aliphatic heterocycles.